The van der Waals surface area contributed by atoms with Crippen molar-refractivity contribution < 1.29 is 14.3 Å². The minimum atomic E-state index is -0.447. The highest BCUT2D eigenvalue weighted by Crippen LogP contribution is 2.09. The van der Waals surface area contributed by atoms with E-state index in [-0.39, 0.29) is 24.6 Å². The standard InChI is InChI=1S/C14H18N2O3/c1-10-12(7-8-13(17)15-10)16-14(18)19-9-11-5-3-2-4-6-11/h2-6,10,12H,7-9H2,1H3,(H,15,17)(H,16,18). The average molecular weight is 262 g/mol. The molecular formula is C14H18N2O3. The van der Waals surface area contributed by atoms with Crippen LogP contribution in [0.15, 0.2) is 30.3 Å². The average Bonchev–Trinajstić information content (AvgIpc) is 2.41. The predicted molar refractivity (Wildman–Crippen MR) is 70.4 cm³/mol. The first-order valence-corrected chi connectivity index (χ1v) is 6.42. The van der Waals surface area contributed by atoms with Gasteiger partial charge >= 0.3 is 6.09 Å². The van der Waals surface area contributed by atoms with Gasteiger partial charge < -0.3 is 15.4 Å². The van der Waals surface area contributed by atoms with Crippen LogP contribution in [-0.4, -0.2) is 24.1 Å². The first-order chi connectivity index (χ1) is 9.15. The highest BCUT2D eigenvalue weighted by molar-refractivity contribution is 5.77. The van der Waals surface area contributed by atoms with Crippen LogP contribution < -0.4 is 10.6 Å². The number of piperidine rings is 1. The Hall–Kier alpha value is -2.04. The van der Waals surface area contributed by atoms with E-state index >= 15 is 0 Å². The molecule has 1 heterocycles. The number of ether oxygens (including phenoxy) is 1. The molecule has 2 atom stereocenters. The molecule has 0 radical (unpaired) electrons. The van der Waals surface area contributed by atoms with Gasteiger partial charge in [-0.15, -0.1) is 0 Å². The van der Waals surface area contributed by atoms with Crippen LogP contribution in [0.25, 0.3) is 0 Å². The summed E-state index contributed by atoms with van der Waals surface area (Å²) < 4.78 is 5.14. The minimum Gasteiger partial charge on any atom is -0.445 e. The molecule has 0 aromatic heterocycles. The van der Waals surface area contributed by atoms with Crippen molar-refractivity contribution in [3.63, 3.8) is 0 Å². The van der Waals surface area contributed by atoms with E-state index in [1.54, 1.807) is 0 Å². The van der Waals surface area contributed by atoms with Crippen LogP contribution in [0.2, 0.25) is 0 Å². The molecule has 5 nitrogen and oxygen atoms in total. The van der Waals surface area contributed by atoms with Gasteiger partial charge in [-0.3, -0.25) is 4.79 Å². The molecule has 2 unspecified atom stereocenters. The second kappa shape index (κ2) is 6.22. The van der Waals surface area contributed by atoms with E-state index in [0.717, 1.165) is 5.56 Å². The van der Waals surface area contributed by atoms with Gasteiger partial charge in [-0.05, 0) is 18.9 Å². The minimum absolute atomic E-state index is 0.0307. The maximum atomic E-state index is 11.7. The molecule has 1 aromatic rings. The Balaban J connectivity index is 1.77. The first-order valence-electron chi connectivity index (χ1n) is 6.42. The second-order valence-electron chi connectivity index (χ2n) is 4.71. The molecule has 102 valence electrons. The van der Waals surface area contributed by atoms with E-state index in [2.05, 4.69) is 10.6 Å². The summed E-state index contributed by atoms with van der Waals surface area (Å²) in [7, 11) is 0. The largest absolute Gasteiger partial charge is 0.445 e. The summed E-state index contributed by atoms with van der Waals surface area (Å²) in [5.41, 5.74) is 0.947. The molecule has 5 heteroatoms. The zero-order valence-electron chi connectivity index (χ0n) is 10.9. The lowest BCUT2D eigenvalue weighted by molar-refractivity contribution is -0.123. The van der Waals surface area contributed by atoms with Crippen molar-refractivity contribution in [2.45, 2.75) is 38.5 Å². The summed E-state index contributed by atoms with van der Waals surface area (Å²) in [6, 6.07) is 9.38. The molecule has 1 aromatic carbocycles. The van der Waals surface area contributed by atoms with E-state index in [9.17, 15) is 9.59 Å². The van der Waals surface area contributed by atoms with Crippen LogP contribution in [0.1, 0.15) is 25.3 Å². The van der Waals surface area contributed by atoms with Gasteiger partial charge in [0.05, 0.1) is 6.04 Å². The predicted octanol–water partition coefficient (Wildman–Crippen LogP) is 1.58. The molecule has 2 amide bonds. The molecular weight excluding hydrogens is 244 g/mol. The van der Waals surface area contributed by atoms with Crippen molar-refractivity contribution in [2.24, 2.45) is 0 Å². The van der Waals surface area contributed by atoms with Gasteiger partial charge in [0.2, 0.25) is 5.91 Å². The fourth-order valence-electron chi connectivity index (χ4n) is 2.08. The number of rotatable bonds is 3. The summed E-state index contributed by atoms with van der Waals surface area (Å²) in [4.78, 5) is 22.8. The monoisotopic (exact) mass is 262 g/mol. The Morgan fingerprint density at radius 3 is 2.84 bits per heavy atom. The molecule has 2 rings (SSSR count). The number of nitrogens with one attached hydrogen (secondary N) is 2. The topological polar surface area (TPSA) is 67.4 Å². The fraction of sp³-hybridized carbons (Fsp3) is 0.429. The van der Waals surface area contributed by atoms with Gasteiger partial charge in [0.1, 0.15) is 6.61 Å². The lowest BCUT2D eigenvalue weighted by atomic mass is 10.00. The number of hydrogen-bond acceptors (Lipinski definition) is 3. The highest BCUT2D eigenvalue weighted by atomic mass is 16.5. The quantitative estimate of drug-likeness (QED) is 0.869. The Kier molecular flexibility index (Phi) is 4.39. The third-order valence-corrected chi connectivity index (χ3v) is 3.19. The van der Waals surface area contributed by atoms with Crippen molar-refractivity contribution in [2.75, 3.05) is 0 Å². The van der Waals surface area contributed by atoms with Crippen molar-refractivity contribution in [3.8, 4) is 0 Å². The fourth-order valence-corrected chi connectivity index (χ4v) is 2.08. The molecule has 1 fully saturated rings. The zero-order chi connectivity index (χ0) is 13.7. The van der Waals surface area contributed by atoms with Crippen molar-refractivity contribution in [1.82, 2.24) is 10.6 Å². The van der Waals surface area contributed by atoms with Crippen LogP contribution in [0.3, 0.4) is 0 Å². The summed E-state index contributed by atoms with van der Waals surface area (Å²) in [5.74, 6) is 0.0307. The van der Waals surface area contributed by atoms with Gasteiger partial charge in [-0.1, -0.05) is 30.3 Å². The molecule has 1 aliphatic rings. The Labute approximate surface area is 112 Å². The number of amides is 2. The van der Waals surface area contributed by atoms with E-state index in [1.807, 2.05) is 37.3 Å². The summed E-state index contributed by atoms with van der Waals surface area (Å²) >= 11 is 0. The number of benzene rings is 1. The Morgan fingerprint density at radius 1 is 1.42 bits per heavy atom. The smallest absolute Gasteiger partial charge is 0.407 e. The summed E-state index contributed by atoms with van der Waals surface area (Å²) in [5, 5.41) is 5.58. The van der Waals surface area contributed by atoms with Gasteiger partial charge in [0.15, 0.2) is 0 Å². The number of hydrogen-bond donors (Lipinski definition) is 2. The SMILES string of the molecule is CC1NC(=O)CCC1NC(=O)OCc1ccccc1. The van der Waals surface area contributed by atoms with Crippen LogP contribution in [-0.2, 0) is 16.1 Å². The number of carbonyl (C=O) groups excluding carboxylic acids is 2. The van der Waals surface area contributed by atoms with E-state index in [1.165, 1.54) is 0 Å². The summed E-state index contributed by atoms with van der Waals surface area (Å²) in [6.07, 6.45) is 0.637. The Morgan fingerprint density at radius 2 is 2.16 bits per heavy atom. The molecule has 19 heavy (non-hydrogen) atoms. The van der Waals surface area contributed by atoms with Crippen LogP contribution in [0, 0.1) is 0 Å². The second-order valence-corrected chi connectivity index (χ2v) is 4.71. The van der Waals surface area contributed by atoms with E-state index in [4.69, 9.17) is 4.74 Å². The molecule has 0 spiro atoms. The number of alkyl carbamates (subject to hydrolysis) is 1. The van der Waals surface area contributed by atoms with E-state index < -0.39 is 6.09 Å². The van der Waals surface area contributed by atoms with Crippen molar-refractivity contribution >= 4 is 12.0 Å². The van der Waals surface area contributed by atoms with Crippen LogP contribution in [0.5, 0.6) is 0 Å². The van der Waals surface area contributed by atoms with Gasteiger partial charge in [-0.2, -0.15) is 0 Å². The lowest BCUT2D eigenvalue weighted by Gasteiger charge is -2.29. The molecule has 1 aliphatic heterocycles. The van der Waals surface area contributed by atoms with Gasteiger partial charge in [-0.25, -0.2) is 4.79 Å². The van der Waals surface area contributed by atoms with Crippen LogP contribution in [0.4, 0.5) is 4.79 Å². The Bertz CT molecular complexity index is 447. The van der Waals surface area contributed by atoms with Gasteiger partial charge in [0.25, 0.3) is 0 Å². The molecule has 0 bridgehead atoms. The maximum absolute atomic E-state index is 11.7. The molecule has 0 aliphatic carbocycles. The van der Waals surface area contributed by atoms with Gasteiger partial charge in [0, 0.05) is 12.5 Å². The van der Waals surface area contributed by atoms with E-state index in [0.29, 0.717) is 12.8 Å². The number of carbonyl (C=O) groups is 2. The highest BCUT2D eigenvalue weighted by Gasteiger charge is 2.26. The first kappa shape index (κ1) is 13.4. The third kappa shape index (κ3) is 3.98. The molecule has 0 saturated carbocycles. The zero-order valence-corrected chi connectivity index (χ0v) is 10.9. The van der Waals surface area contributed by atoms with Crippen molar-refractivity contribution in [3.05, 3.63) is 35.9 Å². The van der Waals surface area contributed by atoms with Crippen molar-refractivity contribution in [1.29, 1.82) is 0 Å². The summed E-state index contributed by atoms with van der Waals surface area (Å²) in [6.45, 7) is 2.12. The normalized spacial score (nSPS) is 22.5. The van der Waals surface area contributed by atoms with Crippen LogP contribution >= 0.6 is 0 Å². The lowest BCUT2D eigenvalue weighted by Crippen LogP contribution is -2.54. The maximum Gasteiger partial charge on any atom is 0.407 e. The molecule has 2 N–H and O–H groups in total. The third-order valence-electron chi connectivity index (χ3n) is 3.19. The molecule has 1 saturated heterocycles.